The van der Waals surface area contributed by atoms with E-state index >= 15 is 0 Å². The van der Waals surface area contributed by atoms with Crippen LogP contribution in [-0.2, 0) is 17.8 Å². The normalized spacial score (nSPS) is 10.7. The molecule has 3 rings (SSSR count). The van der Waals surface area contributed by atoms with Gasteiger partial charge in [-0.25, -0.2) is 0 Å². The highest BCUT2D eigenvalue weighted by Gasteiger charge is 2.16. The highest BCUT2D eigenvalue weighted by Crippen LogP contribution is 2.26. The fraction of sp³-hybridized carbons (Fsp3) is 0.250. The third-order valence-electron chi connectivity index (χ3n) is 5.00. The third kappa shape index (κ3) is 4.39. The molecule has 0 aliphatic carbocycles. The first kappa shape index (κ1) is 19.6. The fourth-order valence-corrected chi connectivity index (χ4v) is 3.44. The minimum atomic E-state index is -0.0373. The zero-order valence-electron chi connectivity index (χ0n) is 16.7. The van der Waals surface area contributed by atoms with E-state index in [1.165, 1.54) is 5.56 Å². The average molecular weight is 374 g/mol. The number of anilines is 1. The minimum Gasteiger partial charge on any atom is -0.344 e. The van der Waals surface area contributed by atoms with Crippen LogP contribution in [0.5, 0.6) is 0 Å². The SMILES string of the molecule is CCc1cccc(NC(=O)CCn2c(-c3ccccc3)cc(C(C)=O)c2C)c1. The van der Waals surface area contributed by atoms with Crippen molar-refractivity contribution in [3.63, 3.8) is 0 Å². The van der Waals surface area contributed by atoms with Crippen molar-refractivity contribution in [1.82, 2.24) is 4.57 Å². The Bertz CT molecular complexity index is 987. The van der Waals surface area contributed by atoms with Crippen molar-refractivity contribution in [2.24, 2.45) is 0 Å². The van der Waals surface area contributed by atoms with Crippen molar-refractivity contribution in [3.8, 4) is 11.3 Å². The molecule has 4 heteroatoms. The topological polar surface area (TPSA) is 51.1 Å². The molecule has 0 radical (unpaired) electrons. The number of carbonyl (C=O) groups excluding carboxylic acids is 2. The summed E-state index contributed by atoms with van der Waals surface area (Å²) in [4.78, 5) is 24.5. The Morgan fingerprint density at radius 2 is 1.75 bits per heavy atom. The number of nitrogens with zero attached hydrogens (tertiary/aromatic N) is 1. The second kappa shape index (κ2) is 8.70. The fourth-order valence-electron chi connectivity index (χ4n) is 3.44. The first-order chi connectivity index (χ1) is 13.5. The first-order valence-electron chi connectivity index (χ1n) is 9.65. The number of aryl methyl sites for hydroxylation is 1. The number of rotatable bonds is 7. The van der Waals surface area contributed by atoms with Crippen LogP contribution >= 0.6 is 0 Å². The van der Waals surface area contributed by atoms with Gasteiger partial charge in [0.15, 0.2) is 5.78 Å². The summed E-state index contributed by atoms with van der Waals surface area (Å²) in [6.07, 6.45) is 1.27. The van der Waals surface area contributed by atoms with E-state index in [2.05, 4.69) is 16.8 Å². The lowest BCUT2D eigenvalue weighted by molar-refractivity contribution is -0.116. The molecule has 1 aromatic heterocycles. The van der Waals surface area contributed by atoms with Crippen molar-refractivity contribution in [1.29, 1.82) is 0 Å². The molecular weight excluding hydrogens is 348 g/mol. The van der Waals surface area contributed by atoms with Crippen molar-refractivity contribution in [2.75, 3.05) is 5.32 Å². The number of amides is 1. The molecule has 1 amide bonds. The molecule has 0 spiro atoms. The van der Waals surface area contributed by atoms with Crippen LogP contribution < -0.4 is 5.32 Å². The smallest absolute Gasteiger partial charge is 0.226 e. The average Bonchev–Trinajstić information content (AvgIpc) is 3.04. The predicted molar refractivity (Wildman–Crippen MR) is 114 cm³/mol. The maximum Gasteiger partial charge on any atom is 0.226 e. The molecule has 0 bridgehead atoms. The summed E-state index contributed by atoms with van der Waals surface area (Å²) in [5, 5.41) is 2.98. The summed E-state index contributed by atoms with van der Waals surface area (Å²) < 4.78 is 2.06. The number of aromatic nitrogens is 1. The summed E-state index contributed by atoms with van der Waals surface area (Å²) in [7, 11) is 0. The number of hydrogen-bond donors (Lipinski definition) is 1. The van der Waals surface area contributed by atoms with E-state index in [0.717, 1.165) is 29.1 Å². The number of benzene rings is 2. The van der Waals surface area contributed by atoms with Gasteiger partial charge in [0.1, 0.15) is 0 Å². The molecule has 0 atom stereocenters. The van der Waals surface area contributed by atoms with Gasteiger partial charge in [-0.15, -0.1) is 0 Å². The van der Waals surface area contributed by atoms with E-state index in [4.69, 9.17) is 0 Å². The van der Waals surface area contributed by atoms with Crippen molar-refractivity contribution in [3.05, 3.63) is 77.5 Å². The maximum absolute atomic E-state index is 12.5. The first-order valence-corrected chi connectivity index (χ1v) is 9.65. The Labute approximate surface area is 166 Å². The molecule has 0 saturated heterocycles. The van der Waals surface area contributed by atoms with Gasteiger partial charge in [-0.1, -0.05) is 49.4 Å². The molecule has 0 saturated carbocycles. The summed E-state index contributed by atoms with van der Waals surface area (Å²) in [5.41, 5.74) is 5.61. The van der Waals surface area contributed by atoms with Crippen molar-refractivity contribution < 1.29 is 9.59 Å². The molecule has 0 aliphatic rings. The molecule has 144 valence electrons. The predicted octanol–water partition coefficient (Wildman–Crippen LogP) is 5.26. The van der Waals surface area contributed by atoms with E-state index < -0.39 is 0 Å². The van der Waals surface area contributed by atoms with Crippen LogP contribution in [0.15, 0.2) is 60.7 Å². The third-order valence-corrected chi connectivity index (χ3v) is 5.00. The molecule has 1 heterocycles. The van der Waals surface area contributed by atoms with Crippen molar-refractivity contribution in [2.45, 2.75) is 40.2 Å². The molecule has 0 fully saturated rings. The van der Waals surface area contributed by atoms with Crippen LogP contribution in [0.3, 0.4) is 0 Å². The molecule has 28 heavy (non-hydrogen) atoms. The van der Waals surface area contributed by atoms with Crippen LogP contribution in [-0.4, -0.2) is 16.3 Å². The number of carbonyl (C=O) groups is 2. The Morgan fingerprint density at radius 1 is 1.00 bits per heavy atom. The lowest BCUT2D eigenvalue weighted by atomic mass is 10.1. The number of ketones is 1. The van der Waals surface area contributed by atoms with E-state index in [1.54, 1.807) is 6.92 Å². The number of Topliss-reactive ketones (excluding diaryl/α,β-unsaturated/α-hetero) is 1. The van der Waals surface area contributed by atoms with Gasteiger partial charge in [0.05, 0.1) is 0 Å². The number of nitrogens with one attached hydrogen (secondary N) is 1. The Balaban J connectivity index is 1.79. The lowest BCUT2D eigenvalue weighted by Crippen LogP contribution is -2.15. The summed E-state index contributed by atoms with van der Waals surface area (Å²) >= 11 is 0. The van der Waals surface area contributed by atoms with E-state index in [-0.39, 0.29) is 11.7 Å². The van der Waals surface area contributed by atoms with Crippen molar-refractivity contribution >= 4 is 17.4 Å². The molecule has 3 aromatic rings. The van der Waals surface area contributed by atoms with E-state index in [0.29, 0.717) is 18.5 Å². The highest BCUT2D eigenvalue weighted by atomic mass is 16.1. The summed E-state index contributed by atoms with van der Waals surface area (Å²) in [6, 6.07) is 19.8. The number of hydrogen-bond acceptors (Lipinski definition) is 2. The second-order valence-electron chi connectivity index (χ2n) is 6.95. The van der Waals surface area contributed by atoms with Gasteiger partial charge in [0, 0.05) is 35.6 Å². The molecule has 2 aromatic carbocycles. The van der Waals surface area contributed by atoms with Crippen LogP contribution in [0.25, 0.3) is 11.3 Å². The molecule has 0 unspecified atom stereocenters. The molecule has 0 aliphatic heterocycles. The highest BCUT2D eigenvalue weighted by molar-refractivity contribution is 5.97. The monoisotopic (exact) mass is 374 g/mol. The Hall–Kier alpha value is -3.14. The van der Waals surface area contributed by atoms with Gasteiger partial charge < -0.3 is 9.88 Å². The van der Waals surface area contributed by atoms with Gasteiger partial charge >= 0.3 is 0 Å². The van der Waals surface area contributed by atoms with Gasteiger partial charge in [-0.3, -0.25) is 9.59 Å². The molecular formula is C24H26N2O2. The quantitative estimate of drug-likeness (QED) is 0.574. The largest absolute Gasteiger partial charge is 0.344 e. The zero-order chi connectivity index (χ0) is 20.1. The zero-order valence-corrected chi connectivity index (χ0v) is 16.7. The van der Waals surface area contributed by atoms with Crippen LogP contribution in [0.2, 0.25) is 0 Å². The minimum absolute atomic E-state index is 0.0364. The van der Waals surface area contributed by atoms with Gasteiger partial charge in [0.2, 0.25) is 5.91 Å². The molecule has 4 nitrogen and oxygen atoms in total. The van der Waals surface area contributed by atoms with Gasteiger partial charge in [0.25, 0.3) is 0 Å². The molecule has 1 N–H and O–H groups in total. The van der Waals surface area contributed by atoms with Crippen LogP contribution in [0, 0.1) is 6.92 Å². The second-order valence-corrected chi connectivity index (χ2v) is 6.95. The Morgan fingerprint density at radius 3 is 2.43 bits per heavy atom. The van der Waals surface area contributed by atoms with Gasteiger partial charge in [-0.05, 0) is 49.6 Å². The van der Waals surface area contributed by atoms with E-state index in [9.17, 15) is 9.59 Å². The van der Waals surface area contributed by atoms with Crippen LogP contribution in [0.1, 0.15) is 41.9 Å². The summed E-state index contributed by atoms with van der Waals surface area (Å²) in [6.45, 7) is 6.12. The maximum atomic E-state index is 12.5. The summed E-state index contributed by atoms with van der Waals surface area (Å²) in [5.74, 6) is -0.000923. The standard InChI is InChI=1S/C24H26N2O2/c1-4-19-9-8-12-21(15-19)25-24(28)13-14-26-17(2)22(18(3)27)16-23(26)20-10-6-5-7-11-20/h5-12,15-16H,4,13-14H2,1-3H3,(H,25,28). The lowest BCUT2D eigenvalue weighted by Gasteiger charge is -2.13. The van der Waals surface area contributed by atoms with E-state index in [1.807, 2.05) is 67.6 Å². The Kier molecular flexibility index (Phi) is 6.09. The van der Waals surface area contributed by atoms with Crippen LogP contribution in [0.4, 0.5) is 5.69 Å². The van der Waals surface area contributed by atoms with Gasteiger partial charge in [-0.2, -0.15) is 0 Å².